The molecule has 0 spiro atoms. The Morgan fingerprint density at radius 3 is 2.25 bits per heavy atom. The van der Waals surface area contributed by atoms with Gasteiger partial charge in [0.1, 0.15) is 0 Å². The molecule has 0 atom stereocenters. The molecule has 3 nitrogen and oxygen atoms in total. The van der Waals surface area contributed by atoms with Gasteiger partial charge in [0.15, 0.2) is 5.78 Å². The molecule has 70 valence electrons. The topological polar surface area (TPSA) is 35.5 Å². The van der Waals surface area contributed by atoms with Crippen molar-refractivity contribution in [3.63, 3.8) is 0 Å². The largest absolute Gasteiger partial charge is 0.344 e. The predicted octanol–water partition coefficient (Wildman–Crippen LogP) is 1.51. The average Bonchev–Trinajstić information content (AvgIpc) is 2.35. The van der Waals surface area contributed by atoms with Crippen LogP contribution in [-0.2, 0) is 14.3 Å². The first-order valence-electron chi connectivity index (χ1n) is 4.56. The molecule has 1 saturated carbocycles. The summed E-state index contributed by atoms with van der Waals surface area (Å²) in [6.07, 6.45) is 2.20. The summed E-state index contributed by atoms with van der Waals surface area (Å²) in [5.74, 6) is -0.782. The third-order valence-electron chi connectivity index (χ3n) is 2.09. The average molecular weight is 172 g/mol. The lowest BCUT2D eigenvalue weighted by atomic mass is 10.2. The molecule has 1 aliphatic rings. The van der Waals surface area contributed by atoms with Gasteiger partial charge in [-0.2, -0.15) is 0 Å². The van der Waals surface area contributed by atoms with Gasteiger partial charge in [0, 0.05) is 26.1 Å². The van der Waals surface area contributed by atoms with Crippen LogP contribution in [0.5, 0.6) is 0 Å². The van der Waals surface area contributed by atoms with Gasteiger partial charge in [-0.15, -0.1) is 0 Å². The molecular weight excluding hydrogens is 156 g/mol. The van der Waals surface area contributed by atoms with Crippen LogP contribution in [0.4, 0.5) is 0 Å². The van der Waals surface area contributed by atoms with Crippen LogP contribution in [-0.4, -0.2) is 24.8 Å². The molecule has 3 heteroatoms. The minimum Gasteiger partial charge on any atom is -0.344 e. The van der Waals surface area contributed by atoms with Crippen LogP contribution >= 0.6 is 0 Å². The molecule has 1 fully saturated rings. The molecule has 0 saturated heterocycles. The molecule has 0 N–H and O–H groups in total. The number of carbonyl (C=O) groups is 1. The van der Waals surface area contributed by atoms with Gasteiger partial charge in [-0.3, -0.25) is 4.79 Å². The van der Waals surface area contributed by atoms with E-state index in [9.17, 15) is 4.79 Å². The summed E-state index contributed by atoms with van der Waals surface area (Å²) < 4.78 is 10.7. The van der Waals surface area contributed by atoms with E-state index in [0.717, 1.165) is 6.42 Å². The maximum Gasteiger partial charge on any atom is 0.228 e. The maximum atomic E-state index is 11.4. The second-order valence-electron chi connectivity index (χ2n) is 2.90. The Hall–Kier alpha value is -0.410. The Kier molecular flexibility index (Phi) is 3.23. The van der Waals surface area contributed by atoms with Crippen molar-refractivity contribution in [3.8, 4) is 0 Å². The zero-order valence-electron chi connectivity index (χ0n) is 7.76. The van der Waals surface area contributed by atoms with Gasteiger partial charge in [-0.05, 0) is 20.3 Å². The van der Waals surface area contributed by atoms with Crippen molar-refractivity contribution in [1.82, 2.24) is 0 Å². The Balaban J connectivity index is 2.63. The Morgan fingerprint density at radius 1 is 1.33 bits per heavy atom. The Morgan fingerprint density at radius 2 is 1.92 bits per heavy atom. The summed E-state index contributed by atoms with van der Waals surface area (Å²) >= 11 is 0. The van der Waals surface area contributed by atoms with Gasteiger partial charge in [0.25, 0.3) is 0 Å². The smallest absolute Gasteiger partial charge is 0.228 e. The monoisotopic (exact) mass is 172 g/mol. The molecule has 0 unspecified atom stereocenters. The third kappa shape index (κ3) is 1.67. The number of hydrogen-bond acceptors (Lipinski definition) is 3. The Bertz CT molecular complexity index is 159. The fourth-order valence-corrected chi connectivity index (χ4v) is 1.62. The summed E-state index contributed by atoms with van der Waals surface area (Å²) in [6, 6.07) is 0. The number of carbonyl (C=O) groups excluding carboxylic acids is 1. The molecule has 0 aliphatic heterocycles. The van der Waals surface area contributed by atoms with E-state index in [1.807, 2.05) is 13.8 Å². The summed E-state index contributed by atoms with van der Waals surface area (Å²) in [6.45, 7) is 4.83. The highest BCUT2D eigenvalue weighted by molar-refractivity contribution is 5.87. The van der Waals surface area contributed by atoms with Crippen molar-refractivity contribution in [1.29, 1.82) is 0 Å². The number of Topliss-reactive ketones (excluding diaryl/α,β-unsaturated/α-hetero) is 1. The summed E-state index contributed by atoms with van der Waals surface area (Å²) in [4.78, 5) is 11.4. The van der Waals surface area contributed by atoms with Gasteiger partial charge >= 0.3 is 0 Å². The van der Waals surface area contributed by atoms with Crippen molar-refractivity contribution < 1.29 is 14.3 Å². The normalized spacial score (nSPS) is 21.7. The SMILES string of the molecule is CCOC1(OCC)CCCC1=O. The van der Waals surface area contributed by atoms with E-state index in [2.05, 4.69) is 0 Å². The van der Waals surface area contributed by atoms with Crippen molar-refractivity contribution in [2.45, 2.75) is 38.9 Å². The van der Waals surface area contributed by atoms with Crippen LogP contribution in [0.25, 0.3) is 0 Å². The standard InChI is InChI=1S/C9H16O3/c1-3-11-9(12-4-2)7-5-6-8(9)10/h3-7H2,1-2H3. The highest BCUT2D eigenvalue weighted by Gasteiger charge is 2.43. The van der Waals surface area contributed by atoms with Gasteiger partial charge in [-0.1, -0.05) is 0 Å². The molecule has 0 radical (unpaired) electrons. The fourth-order valence-electron chi connectivity index (χ4n) is 1.62. The molecule has 0 heterocycles. The van der Waals surface area contributed by atoms with Gasteiger partial charge < -0.3 is 9.47 Å². The number of hydrogen-bond donors (Lipinski definition) is 0. The minimum atomic E-state index is -0.885. The molecule has 0 bridgehead atoms. The van der Waals surface area contributed by atoms with Gasteiger partial charge in [-0.25, -0.2) is 0 Å². The molecule has 12 heavy (non-hydrogen) atoms. The maximum absolute atomic E-state index is 11.4. The predicted molar refractivity (Wildman–Crippen MR) is 44.8 cm³/mol. The van der Waals surface area contributed by atoms with Crippen molar-refractivity contribution >= 4 is 5.78 Å². The van der Waals surface area contributed by atoms with E-state index >= 15 is 0 Å². The second-order valence-corrected chi connectivity index (χ2v) is 2.90. The number of rotatable bonds is 4. The quantitative estimate of drug-likeness (QED) is 0.603. The lowest BCUT2D eigenvalue weighted by Crippen LogP contribution is -2.40. The third-order valence-corrected chi connectivity index (χ3v) is 2.09. The number of ketones is 1. The van der Waals surface area contributed by atoms with Crippen LogP contribution in [0.3, 0.4) is 0 Å². The summed E-state index contributed by atoms with van der Waals surface area (Å²) in [5, 5.41) is 0. The minimum absolute atomic E-state index is 0.103. The highest BCUT2D eigenvalue weighted by Crippen LogP contribution is 2.30. The van der Waals surface area contributed by atoms with Crippen LogP contribution < -0.4 is 0 Å². The summed E-state index contributed by atoms with van der Waals surface area (Å²) in [5.41, 5.74) is 0. The van der Waals surface area contributed by atoms with E-state index in [-0.39, 0.29) is 5.78 Å². The van der Waals surface area contributed by atoms with E-state index in [1.54, 1.807) is 0 Å². The van der Waals surface area contributed by atoms with E-state index in [4.69, 9.17) is 9.47 Å². The van der Waals surface area contributed by atoms with Gasteiger partial charge in [0.05, 0.1) is 0 Å². The van der Waals surface area contributed by atoms with E-state index in [0.29, 0.717) is 26.1 Å². The summed E-state index contributed by atoms with van der Waals surface area (Å²) in [7, 11) is 0. The zero-order valence-corrected chi connectivity index (χ0v) is 7.76. The fraction of sp³-hybridized carbons (Fsp3) is 0.889. The molecule has 0 aromatic heterocycles. The lowest BCUT2D eigenvalue weighted by Gasteiger charge is -2.26. The zero-order chi connectivity index (χ0) is 9.03. The van der Waals surface area contributed by atoms with Crippen LogP contribution in [0.15, 0.2) is 0 Å². The van der Waals surface area contributed by atoms with Crippen LogP contribution in [0, 0.1) is 0 Å². The highest BCUT2D eigenvalue weighted by atomic mass is 16.7. The van der Waals surface area contributed by atoms with Crippen molar-refractivity contribution in [3.05, 3.63) is 0 Å². The van der Waals surface area contributed by atoms with E-state index in [1.165, 1.54) is 0 Å². The molecule has 1 aliphatic carbocycles. The molecule has 0 aromatic rings. The molecule has 1 rings (SSSR count). The molecular formula is C9H16O3. The van der Waals surface area contributed by atoms with Crippen LogP contribution in [0.1, 0.15) is 33.1 Å². The van der Waals surface area contributed by atoms with Crippen LogP contribution in [0.2, 0.25) is 0 Å². The lowest BCUT2D eigenvalue weighted by molar-refractivity contribution is -0.219. The molecule has 0 amide bonds. The van der Waals surface area contributed by atoms with E-state index < -0.39 is 5.79 Å². The van der Waals surface area contributed by atoms with Crippen molar-refractivity contribution in [2.75, 3.05) is 13.2 Å². The first kappa shape index (κ1) is 9.68. The number of ether oxygens (including phenoxy) is 2. The Labute approximate surface area is 73.0 Å². The first-order valence-corrected chi connectivity index (χ1v) is 4.56. The molecule has 0 aromatic carbocycles. The van der Waals surface area contributed by atoms with Crippen molar-refractivity contribution in [2.24, 2.45) is 0 Å². The first-order chi connectivity index (χ1) is 5.75. The van der Waals surface area contributed by atoms with Gasteiger partial charge in [0.2, 0.25) is 5.79 Å². The second kappa shape index (κ2) is 4.01.